The van der Waals surface area contributed by atoms with Gasteiger partial charge in [-0.05, 0) is 36.8 Å². The molecule has 88 valence electrons. The Kier molecular flexibility index (Phi) is 3.98. The predicted molar refractivity (Wildman–Crippen MR) is 71.2 cm³/mol. The summed E-state index contributed by atoms with van der Waals surface area (Å²) in [6.45, 7) is 1.96. The fourth-order valence-electron chi connectivity index (χ4n) is 2.83. The van der Waals surface area contributed by atoms with Crippen LogP contribution in [0.3, 0.4) is 0 Å². The van der Waals surface area contributed by atoms with Gasteiger partial charge in [0.2, 0.25) is 0 Å². The summed E-state index contributed by atoms with van der Waals surface area (Å²) in [4.78, 5) is 0. The topological polar surface area (TPSA) is 23.8 Å². The molecular weight excluding hydrogens is 206 g/mol. The zero-order chi connectivity index (χ0) is 12.1. The van der Waals surface area contributed by atoms with Crippen LogP contribution >= 0.6 is 0 Å². The molecule has 1 aliphatic carbocycles. The summed E-state index contributed by atoms with van der Waals surface area (Å²) >= 11 is 0. The van der Waals surface area contributed by atoms with Crippen LogP contribution in [-0.2, 0) is 0 Å². The number of benzene rings is 1. The van der Waals surface area contributed by atoms with E-state index in [1.165, 1.54) is 43.2 Å². The number of rotatable bonds is 2. The fourth-order valence-corrected chi connectivity index (χ4v) is 2.83. The van der Waals surface area contributed by atoms with E-state index in [4.69, 9.17) is 0 Å². The molecule has 0 radical (unpaired) electrons. The first-order valence-electron chi connectivity index (χ1n) is 6.49. The van der Waals surface area contributed by atoms with Gasteiger partial charge in [0, 0.05) is 5.57 Å². The van der Waals surface area contributed by atoms with E-state index in [0.29, 0.717) is 5.92 Å². The Morgan fingerprint density at radius 3 is 2.35 bits per heavy atom. The molecule has 0 aliphatic heterocycles. The highest BCUT2D eigenvalue weighted by Gasteiger charge is 2.20. The summed E-state index contributed by atoms with van der Waals surface area (Å²) < 4.78 is 0. The van der Waals surface area contributed by atoms with E-state index in [1.54, 1.807) is 0 Å². The van der Waals surface area contributed by atoms with Crippen LogP contribution in [0.4, 0.5) is 0 Å². The Balaban J connectivity index is 2.36. The maximum Gasteiger partial charge on any atom is 0.0947 e. The third-order valence-corrected chi connectivity index (χ3v) is 3.67. The van der Waals surface area contributed by atoms with Crippen molar-refractivity contribution in [2.75, 3.05) is 0 Å². The zero-order valence-electron chi connectivity index (χ0n) is 10.4. The van der Waals surface area contributed by atoms with Crippen LogP contribution in [0.25, 0.3) is 5.57 Å². The van der Waals surface area contributed by atoms with Gasteiger partial charge in [0.25, 0.3) is 0 Å². The van der Waals surface area contributed by atoms with Crippen LogP contribution in [0, 0.1) is 17.2 Å². The molecule has 1 fully saturated rings. The van der Waals surface area contributed by atoms with Crippen LogP contribution in [-0.4, -0.2) is 0 Å². The monoisotopic (exact) mass is 225 g/mol. The van der Waals surface area contributed by atoms with Gasteiger partial charge in [-0.1, -0.05) is 49.6 Å². The summed E-state index contributed by atoms with van der Waals surface area (Å²) in [6, 6.07) is 12.7. The van der Waals surface area contributed by atoms with E-state index in [2.05, 4.69) is 30.3 Å². The molecule has 1 aliphatic rings. The van der Waals surface area contributed by atoms with Crippen molar-refractivity contribution in [2.45, 2.75) is 39.0 Å². The smallest absolute Gasteiger partial charge is 0.0947 e. The Hall–Kier alpha value is -1.55. The van der Waals surface area contributed by atoms with Crippen molar-refractivity contribution < 1.29 is 0 Å². The van der Waals surface area contributed by atoms with E-state index in [0.717, 1.165) is 5.57 Å². The Morgan fingerprint density at radius 1 is 1.12 bits per heavy atom. The summed E-state index contributed by atoms with van der Waals surface area (Å²) in [7, 11) is 0. The lowest BCUT2D eigenvalue weighted by Gasteiger charge is -2.25. The zero-order valence-corrected chi connectivity index (χ0v) is 10.4. The lowest BCUT2D eigenvalue weighted by Crippen LogP contribution is -2.10. The second kappa shape index (κ2) is 5.68. The molecule has 1 nitrogen and oxygen atoms in total. The van der Waals surface area contributed by atoms with Crippen LogP contribution in [0.1, 0.15) is 44.6 Å². The maximum atomic E-state index is 9.19. The van der Waals surface area contributed by atoms with Gasteiger partial charge in [-0.25, -0.2) is 0 Å². The molecule has 1 heteroatoms. The molecular formula is C16H19N. The summed E-state index contributed by atoms with van der Waals surface area (Å²) in [5.74, 6) is 0.589. The molecule has 0 spiro atoms. The maximum absolute atomic E-state index is 9.19. The van der Waals surface area contributed by atoms with Crippen molar-refractivity contribution in [2.24, 2.45) is 5.92 Å². The highest BCUT2D eigenvalue weighted by molar-refractivity contribution is 5.72. The second-order valence-electron chi connectivity index (χ2n) is 4.85. The molecule has 0 unspecified atom stereocenters. The number of hydrogen-bond donors (Lipinski definition) is 0. The van der Waals surface area contributed by atoms with Gasteiger partial charge in [-0.15, -0.1) is 0 Å². The molecule has 0 amide bonds. The number of hydrogen-bond acceptors (Lipinski definition) is 1. The van der Waals surface area contributed by atoms with Crippen molar-refractivity contribution in [1.82, 2.24) is 0 Å². The first-order valence-corrected chi connectivity index (χ1v) is 6.49. The Morgan fingerprint density at radius 2 is 1.76 bits per heavy atom. The van der Waals surface area contributed by atoms with Crippen molar-refractivity contribution in [3.05, 3.63) is 41.5 Å². The number of nitrogens with zero attached hydrogens (tertiary/aromatic N) is 1. The molecule has 1 aromatic rings. The Bertz CT molecular complexity index is 430. The van der Waals surface area contributed by atoms with Crippen LogP contribution in [0.5, 0.6) is 0 Å². The predicted octanol–water partition coefficient (Wildman–Crippen LogP) is 4.56. The van der Waals surface area contributed by atoms with Gasteiger partial charge in [0.05, 0.1) is 6.07 Å². The summed E-state index contributed by atoms with van der Waals surface area (Å²) in [5.41, 5.74) is 3.41. The number of allylic oxidation sites excluding steroid dienone is 2. The van der Waals surface area contributed by atoms with Crippen molar-refractivity contribution >= 4 is 5.57 Å². The van der Waals surface area contributed by atoms with E-state index in [-0.39, 0.29) is 0 Å². The molecule has 0 atom stereocenters. The fraction of sp³-hybridized carbons (Fsp3) is 0.438. The second-order valence-corrected chi connectivity index (χ2v) is 4.85. The van der Waals surface area contributed by atoms with Gasteiger partial charge in [-0.3, -0.25) is 0 Å². The van der Waals surface area contributed by atoms with Crippen molar-refractivity contribution in [3.8, 4) is 6.07 Å². The molecule has 0 saturated heterocycles. The lowest BCUT2D eigenvalue weighted by atomic mass is 9.79. The summed E-state index contributed by atoms with van der Waals surface area (Å²) in [6.07, 6.45) is 6.44. The van der Waals surface area contributed by atoms with Crippen LogP contribution in [0.2, 0.25) is 0 Å². The summed E-state index contributed by atoms with van der Waals surface area (Å²) in [5, 5.41) is 9.19. The third-order valence-electron chi connectivity index (χ3n) is 3.67. The Labute approximate surface area is 104 Å². The van der Waals surface area contributed by atoms with E-state index < -0.39 is 0 Å². The minimum atomic E-state index is 0.589. The first kappa shape index (κ1) is 11.9. The molecule has 2 rings (SSSR count). The molecule has 1 aromatic carbocycles. The van der Waals surface area contributed by atoms with Gasteiger partial charge in [0.1, 0.15) is 0 Å². The largest absolute Gasteiger partial charge is 0.193 e. The molecule has 0 heterocycles. The van der Waals surface area contributed by atoms with E-state index >= 15 is 0 Å². The molecule has 0 aromatic heterocycles. The number of nitriles is 1. The van der Waals surface area contributed by atoms with Gasteiger partial charge >= 0.3 is 0 Å². The average Bonchev–Trinajstić information content (AvgIpc) is 2.41. The molecule has 0 bridgehead atoms. The minimum absolute atomic E-state index is 0.589. The highest BCUT2D eigenvalue weighted by atomic mass is 14.3. The van der Waals surface area contributed by atoms with Crippen molar-refractivity contribution in [3.63, 3.8) is 0 Å². The van der Waals surface area contributed by atoms with Gasteiger partial charge < -0.3 is 0 Å². The molecule has 17 heavy (non-hydrogen) atoms. The molecule has 1 saturated carbocycles. The van der Waals surface area contributed by atoms with Crippen molar-refractivity contribution in [1.29, 1.82) is 5.26 Å². The quantitative estimate of drug-likeness (QED) is 0.677. The average molecular weight is 225 g/mol. The SMILES string of the molecule is CC(C#N)=C(c1ccccc1)C1CCCCC1. The van der Waals surface area contributed by atoms with Crippen LogP contribution < -0.4 is 0 Å². The van der Waals surface area contributed by atoms with Gasteiger partial charge in [0.15, 0.2) is 0 Å². The third kappa shape index (κ3) is 2.77. The van der Waals surface area contributed by atoms with E-state index in [1.807, 2.05) is 13.0 Å². The lowest BCUT2D eigenvalue weighted by molar-refractivity contribution is 0.428. The highest BCUT2D eigenvalue weighted by Crippen LogP contribution is 2.37. The van der Waals surface area contributed by atoms with E-state index in [9.17, 15) is 5.26 Å². The molecule has 0 N–H and O–H groups in total. The normalized spacial score (nSPS) is 18.4. The standard InChI is InChI=1S/C16H19N/c1-13(12-17)16(14-8-4-2-5-9-14)15-10-6-3-7-11-15/h2,4-5,8-9,15H,3,6-7,10-11H2,1H3. The first-order chi connectivity index (χ1) is 8.33. The van der Waals surface area contributed by atoms with Crippen LogP contribution in [0.15, 0.2) is 35.9 Å². The van der Waals surface area contributed by atoms with Gasteiger partial charge in [-0.2, -0.15) is 5.26 Å². The minimum Gasteiger partial charge on any atom is -0.193 e.